The summed E-state index contributed by atoms with van der Waals surface area (Å²) >= 11 is 0. The molecule has 0 fully saturated rings. The maximum Gasteiger partial charge on any atom is 0.248 e. The number of hydrogen-bond acceptors (Lipinski definition) is 3. The van der Waals surface area contributed by atoms with Gasteiger partial charge in [0.05, 0.1) is 18.6 Å². The average molecular weight is 272 g/mol. The molecule has 106 valence electrons. The van der Waals surface area contributed by atoms with Crippen LogP contribution in [0.2, 0.25) is 0 Å². The number of nitrogens with two attached hydrogens (primary N) is 1. The van der Waals surface area contributed by atoms with Gasteiger partial charge in [0.1, 0.15) is 0 Å². The van der Waals surface area contributed by atoms with Gasteiger partial charge in [0, 0.05) is 24.0 Å². The Hall–Kier alpha value is -2.30. The van der Waals surface area contributed by atoms with Gasteiger partial charge in [-0.3, -0.25) is 4.79 Å². The van der Waals surface area contributed by atoms with Gasteiger partial charge in [-0.2, -0.15) is 0 Å². The lowest BCUT2D eigenvalue weighted by atomic mass is 10.1. The number of primary amides is 1. The predicted octanol–water partition coefficient (Wildman–Crippen LogP) is 2.31. The number of amides is 1. The number of aryl methyl sites for hydroxylation is 2. The summed E-state index contributed by atoms with van der Waals surface area (Å²) in [6, 6.07) is 5.42. The Kier molecular flexibility index (Phi) is 4.40. The highest BCUT2D eigenvalue weighted by molar-refractivity contribution is 5.93. The molecule has 0 bridgehead atoms. The van der Waals surface area contributed by atoms with Crippen molar-refractivity contribution in [2.75, 3.05) is 5.32 Å². The van der Waals surface area contributed by atoms with Crippen LogP contribution in [0.1, 0.15) is 35.0 Å². The second-order valence-electron chi connectivity index (χ2n) is 4.83. The highest BCUT2D eigenvalue weighted by Crippen LogP contribution is 2.17. The molecule has 1 aromatic carbocycles. The van der Waals surface area contributed by atoms with E-state index < -0.39 is 5.91 Å². The van der Waals surface area contributed by atoms with Crippen molar-refractivity contribution in [2.24, 2.45) is 5.73 Å². The van der Waals surface area contributed by atoms with Gasteiger partial charge >= 0.3 is 0 Å². The summed E-state index contributed by atoms with van der Waals surface area (Å²) in [7, 11) is 0. The van der Waals surface area contributed by atoms with Crippen molar-refractivity contribution in [2.45, 2.75) is 33.4 Å². The van der Waals surface area contributed by atoms with Crippen LogP contribution in [0.5, 0.6) is 0 Å². The van der Waals surface area contributed by atoms with Crippen LogP contribution in [0.15, 0.2) is 30.7 Å². The van der Waals surface area contributed by atoms with Crippen molar-refractivity contribution in [3.05, 3.63) is 47.5 Å². The molecule has 1 amide bonds. The minimum Gasteiger partial charge on any atom is -0.379 e. The van der Waals surface area contributed by atoms with Crippen LogP contribution >= 0.6 is 0 Å². The minimum atomic E-state index is -0.402. The molecular formula is C15H20N4O. The van der Waals surface area contributed by atoms with Crippen LogP contribution in [0.3, 0.4) is 0 Å². The summed E-state index contributed by atoms with van der Waals surface area (Å²) in [5.41, 5.74) is 8.94. The van der Waals surface area contributed by atoms with E-state index in [0.717, 1.165) is 29.9 Å². The van der Waals surface area contributed by atoms with Crippen molar-refractivity contribution in [3.63, 3.8) is 0 Å². The van der Waals surface area contributed by atoms with Crippen LogP contribution in [-0.4, -0.2) is 15.5 Å². The van der Waals surface area contributed by atoms with Gasteiger partial charge in [-0.1, -0.05) is 6.92 Å². The summed E-state index contributed by atoms with van der Waals surface area (Å²) in [6.07, 6.45) is 4.80. The number of aromatic nitrogens is 2. The van der Waals surface area contributed by atoms with Gasteiger partial charge in [-0.15, -0.1) is 0 Å². The molecule has 0 radical (unpaired) electrons. The molecule has 0 atom stereocenters. The number of hydrogen-bond donors (Lipinski definition) is 2. The van der Waals surface area contributed by atoms with E-state index in [-0.39, 0.29) is 0 Å². The molecule has 2 rings (SSSR count). The third kappa shape index (κ3) is 3.17. The zero-order valence-corrected chi connectivity index (χ0v) is 11.9. The summed E-state index contributed by atoms with van der Waals surface area (Å²) in [5, 5.41) is 3.37. The number of benzene rings is 1. The first-order chi connectivity index (χ1) is 9.61. The zero-order valence-electron chi connectivity index (χ0n) is 11.9. The van der Waals surface area contributed by atoms with Gasteiger partial charge in [0.2, 0.25) is 5.91 Å². The summed E-state index contributed by atoms with van der Waals surface area (Å²) < 4.78 is 2.14. The third-order valence-electron chi connectivity index (χ3n) is 3.23. The number of carbonyl (C=O) groups excluding carboxylic acids is 1. The topological polar surface area (TPSA) is 72.9 Å². The number of nitrogens with one attached hydrogen (secondary N) is 1. The number of carbonyl (C=O) groups is 1. The van der Waals surface area contributed by atoms with Gasteiger partial charge in [-0.25, -0.2) is 4.98 Å². The van der Waals surface area contributed by atoms with E-state index in [0.29, 0.717) is 12.1 Å². The van der Waals surface area contributed by atoms with Gasteiger partial charge in [0.15, 0.2) is 0 Å². The molecule has 0 aliphatic rings. The fourth-order valence-electron chi connectivity index (χ4n) is 2.14. The molecule has 5 nitrogen and oxygen atoms in total. The van der Waals surface area contributed by atoms with E-state index in [2.05, 4.69) is 21.8 Å². The van der Waals surface area contributed by atoms with Crippen LogP contribution < -0.4 is 11.1 Å². The van der Waals surface area contributed by atoms with Crippen molar-refractivity contribution in [3.8, 4) is 0 Å². The summed E-state index contributed by atoms with van der Waals surface area (Å²) in [5.74, 6) is -0.402. The minimum absolute atomic E-state index is 0.402. The second kappa shape index (κ2) is 6.23. The molecule has 0 saturated heterocycles. The van der Waals surface area contributed by atoms with E-state index in [1.165, 1.54) is 0 Å². The summed E-state index contributed by atoms with van der Waals surface area (Å²) in [6.45, 7) is 5.77. The van der Waals surface area contributed by atoms with Crippen LogP contribution in [-0.2, 0) is 13.1 Å². The first kappa shape index (κ1) is 14.1. The van der Waals surface area contributed by atoms with Crippen molar-refractivity contribution in [1.29, 1.82) is 0 Å². The van der Waals surface area contributed by atoms with Crippen molar-refractivity contribution >= 4 is 11.6 Å². The number of anilines is 1. The monoisotopic (exact) mass is 272 g/mol. The SMILES string of the molecule is CCCn1cncc1CNc1ccc(C(N)=O)cc1C. The van der Waals surface area contributed by atoms with E-state index in [1.807, 2.05) is 25.5 Å². The van der Waals surface area contributed by atoms with Gasteiger partial charge < -0.3 is 15.6 Å². The van der Waals surface area contributed by atoms with Crippen molar-refractivity contribution < 1.29 is 4.79 Å². The molecule has 0 aliphatic heterocycles. The molecule has 0 unspecified atom stereocenters. The highest BCUT2D eigenvalue weighted by atomic mass is 16.1. The van der Waals surface area contributed by atoms with E-state index >= 15 is 0 Å². The largest absolute Gasteiger partial charge is 0.379 e. The summed E-state index contributed by atoms with van der Waals surface area (Å²) in [4.78, 5) is 15.3. The molecule has 0 saturated carbocycles. The predicted molar refractivity (Wildman–Crippen MR) is 79.5 cm³/mol. The first-order valence-electron chi connectivity index (χ1n) is 6.75. The normalized spacial score (nSPS) is 10.5. The fraction of sp³-hybridized carbons (Fsp3) is 0.333. The number of imidazole rings is 1. The van der Waals surface area contributed by atoms with Crippen LogP contribution in [0, 0.1) is 6.92 Å². The molecule has 2 aromatic rings. The first-order valence-corrected chi connectivity index (χ1v) is 6.75. The Morgan fingerprint density at radius 1 is 1.45 bits per heavy atom. The second-order valence-corrected chi connectivity index (χ2v) is 4.83. The average Bonchev–Trinajstić information content (AvgIpc) is 2.85. The molecule has 1 aromatic heterocycles. The Balaban J connectivity index is 2.07. The van der Waals surface area contributed by atoms with E-state index in [1.54, 1.807) is 12.1 Å². The molecule has 20 heavy (non-hydrogen) atoms. The maximum absolute atomic E-state index is 11.1. The quantitative estimate of drug-likeness (QED) is 0.847. The molecule has 3 N–H and O–H groups in total. The van der Waals surface area contributed by atoms with E-state index in [4.69, 9.17) is 5.73 Å². The Bertz CT molecular complexity index is 604. The Morgan fingerprint density at radius 2 is 2.25 bits per heavy atom. The molecule has 1 heterocycles. The number of rotatable bonds is 6. The fourth-order valence-corrected chi connectivity index (χ4v) is 2.14. The smallest absolute Gasteiger partial charge is 0.248 e. The van der Waals surface area contributed by atoms with Crippen LogP contribution in [0.25, 0.3) is 0 Å². The highest BCUT2D eigenvalue weighted by Gasteiger charge is 2.05. The lowest BCUT2D eigenvalue weighted by Crippen LogP contribution is -2.12. The lowest BCUT2D eigenvalue weighted by molar-refractivity contribution is 0.1000. The zero-order chi connectivity index (χ0) is 14.5. The standard InChI is InChI=1S/C15H20N4O/c1-3-6-19-10-17-8-13(19)9-18-14-5-4-12(15(16)20)7-11(14)2/h4-5,7-8,10,18H,3,6,9H2,1-2H3,(H2,16,20). The molecule has 0 spiro atoms. The van der Waals surface area contributed by atoms with E-state index in [9.17, 15) is 4.79 Å². The van der Waals surface area contributed by atoms with Gasteiger partial charge in [-0.05, 0) is 37.1 Å². The Labute approximate surface area is 118 Å². The number of nitrogens with zero attached hydrogens (tertiary/aromatic N) is 2. The lowest BCUT2D eigenvalue weighted by Gasteiger charge is -2.12. The molecular weight excluding hydrogens is 252 g/mol. The van der Waals surface area contributed by atoms with Crippen LogP contribution in [0.4, 0.5) is 5.69 Å². The Morgan fingerprint density at radius 3 is 2.90 bits per heavy atom. The third-order valence-corrected chi connectivity index (χ3v) is 3.23. The molecule has 5 heteroatoms. The molecule has 0 aliphatic carbocycles. The van der Waals surface area contributed by atoms with Crippen molar-refractivity contribution in [1.82, 2.24) is 9.55 Å². The van der Waals surface area contributed by atoms with Gasteiger partial charge in [0.25, 0.3) is 0 Å². The maximum atomic E-state index is 11.1.